The van der Waals surface area contributed by atoms with Crippen molar-refractivity contribution >= 4 is 57.6 Å². The second-order valence-corrected chi connectivity index (χ2v) is 9.73. The minimum atomic E-state index is -2.07. The Labute approximate surface area is 206 Å². The summed E-state index contributed by atoms with van der Waals surface area (Å²) < 4.78 is 5.28. The maximum Gasteiger partial charge on any atom is 0.351 e. The molecule has 2 unspecified atom stereocenters. The fourth-order valence-corrected chi connectivity index (χ4v) is 4.66. The van der Waals surface area contributed by atoms with Crippen molar-refractivity contribution < 1.29 is 30.2 Å². The van der Waals surface area contributed by atoms with Gasteiger partial charge in [-0.2, -0.15) is 0 Å². The van der Waals surface area contributed by atoms with E-state index < -0.39 is 23.7 Å². The summed E-state index contributed by atoms with van der Waals surface area (Å²) in [4.78, 5) is 46.7. The van der Waals surface area contributed by atoms with E-state index in [9.17, 15) is 14.7 Å². The van der Waals surface area contributed by atoms with Gasteiger partial charge in [-0.1, -0.05) is 23.2 Å². The molecule has 0 aromatic carbocycles. The van der Waals surface area contributed by atoms with Gasteiger partial charge >= 0.3 is 11.7 Å². The summed E-state index contributed by atoms with van der Waals surface area (Å²) in [5.74, 6) is -4.01. The third-order valence-corrected chi connectivity index (χ3v) is 6.54. The second kappa shape index (κ2) is 11.6. The topological polar surface area (TPSA) is 176 Å². The van der Waals surface area contributed by atoms with Crippen LogP contribution in [-0.2, 0) is 30.2 Å². The first kappa shape index (κ1) is 27.5. The van der Waals surface area contributed by atoms with E-state index >= 15 is 0 Å². The van der Waals surface area contributed by atoms with Crippen LogP contribution in [0.4, 0.5) is 0 Å². The highest BCUT2D eigenvalue weighted by atomic mass is 35.5. The van der Waals surface area contributed by atoms with E-state index in [1.807, 2.05) is 12.2 Å². The molecule has 0 aliphatic carbocycles. The van der Waals surface area contributed by atoms with Gasteiger partial charge in [-0.3, -0.25) is 13.9 Å². The van der Waals surface area contributed by atoms with E-state index in [0.717, 1.165) is 11.0 Å². The zero-order valence-electron chi connectivity index (χ0n) is 18.4. The van der Waals surface area contributed by atoms with Crippen molar-refractivity contribution in [1.82, 2.24) is 18.7 Å². The lowest BCUT2D eigenvalue weighted by Gasteiger charge is -2.14. The number of carboxylic acid groups (broad SMARTS) is 2. The van der Waals surface area contributed by atoms with Gasteiger partial charge in [-0.05, 0) is 13.0 Å². The number of quaternary nitrogens is 1. The lowest BCUT2D eigenvalue weighted by atomic mass is 10.1. The summed E-state index contributed by atoms with van der Waals surface area (Å²) in [5.41, 5.74) is 0.683. The first-order valence-electron chi connectivity index (χ1n) is 9.86. The molecule has 0 amide bonds. The Morgan fingerprint density at radius 3 is 2.41 bits per heavy atom. The molecule has 186 valence electrons. The SMILES string of the molecule is CC(CCn1cnc2c1c(=O)n(C)c(=O)n2C)[NH2+]CC(O)c1cc(Cl)sc1Cl.O=C([O-])C(=O)O. The van der Waals surface area contributed by atoms with E-state index in [1.54, 1.807) is 24.0 Å². The Hall–Kier alpha value is -2.71. The van der Waals surface area contributed by atoms with E-state index in [4.69, 9.17) is 43.0 Å². The molecule has 3 aromatic heterocycles. The summed E-state index contributed by atoms with van der Waals surface area (Å²) in [6.07, 6.45) is 1.64. The summed E-state index contributed by atoms with van der Waals surface area (Å²) in [6.45, 7) is 3.07. The maximum absolute atomic E-state index is 12.5. The van der Waals surface area contributed by atoms with Gasteiger partial charge in [0.2, 0.25) is 0 Å². The number of carbonyl (C=O) groups is 2. The number of fused-ring (bicyclic) bond motifs is 1. The average Bonchev–Trinajstić information content (AvgIpc) is 3.35. The van der Waals surface area contributed by atoms with Gasteiger partial charge in [0.05, 0.1) is 16.7 Å². The third kappa shape index (κ3) is 6.45. The number of rotatable bonds is 7. The van der Waals surface area contributed by atoms with Gasteiger partial charge < -0.3 is 30.0 Å². The lowest BCUT2D eigenvalue weighted by molar-refractivity contribution is -0.693. The van der Waals surface area contributed by atoms with Crippen LogP contribution in [0.1, 0.15) is 25.0 Å². The number of aryl methyl sites for hydroxylation is 2. The molecule has 0 radical (unpaired) electrons. The van der Waals surface area contributed by atoms with E-state index in [0.29, 0.717) is 38.5 Å². The first-order valence-corrected chi connectivity index (χ1v) is 11.4. The normalized spacial score (nSPS) is 12.8. The smallest absolute Gasteiger partial charge is 0.351 e. The van der Waals surface area contributed by atoms with Gasteiger partial charge in [0.25, 0.3) is 5.56 Å². The van der Waals surface area contributed by atoms with Crippen molar-refractivity contribution in [3.05, 3.63) is 47.5 Å². The van der Waals surface area contributed by atoms with Gasteiger partial charge in [0, 0.05) is 32.6 Å². The molecular formula is C19H23Cl2N5O7S. The Kier molecular flexibility index (Phi) is 9.41. The van der Waals surface area contributed by atoms with Crippen LogP contribution in [0.5, 0.6) is 0 Å². The Balaban J connectivity index is 0.000000604. The van der Waals surface area contributed by atoms with Crippen molar-refractivity contribution in [2.45, 2.75) is 32.0 Å². The predicted octanol–water partition coefficient (Wildman–Crippen LogP) is -1.30. The number of aliphatic hydroxyl groups is 1. The van der Waals surface area contributed by atoms with Gasteiger partial charge in [-0.15, -0.1) is 11.3 Å². The number of halogens is 2. The standard InChI is InChI=1S/C17H21Cl2N5O3S.C2H2O4/c1-9(20-7-11(25)10-6-12(18)28-14(10)19)4-5-24-8-21-15-13(24)16(26)23(3)17(27)22(15)2;3-1(4)2(5)6/h6,8-9,11,20,25H,4-5,7H2,1-3H3;(H,3,4)(H,5,6). The monoisotopic (exact) mass is 535 g/mol. The summed E-state index contributed by atoms with van der Waals surface area (Å²) in [7, 11) is 3.06. The highest BCUT2D eigenvalue weighted by Gasteiger charge is 2.19. The number of hydrogen-bond acceptors (Lipinski definition) is 8. The lowest BCUT2D eigenvalue weighted by Crippen LogP contribution is -2.90. The van der Waals surface area contributed by atoms with Crippen LogP contribution in [0.25, 0.3) is 11.2 Å². The fourth-order valence-electron chi connectivity index (χ4n) is 3.10. The average molecular weight is 536 g/mol. The largest absolute Gasteiger partial charge is 0.539 e. The molecule has 0 aliphatic heterocycles. The first-order chi connectivity index (χ1) is 15.8. The number of imidazole rings is 1. The van der Waals surface area contributed by atoms with Crippen LogP contribution < -0.4 is 21.7 Å². The molecule has 0 saturated carbocycles. The van der Waals surface area contributed by atoms with Crippen molar-refractivity contribution in [2.75, 3.05) is 6.54 Å². The number of aliphatic hydroxyl groups excluding tert-OH is 1. The molecule has 12 nitrogen and oxygen atoms in total. The Bertz CT molecular complexity index is 1300. The van der Waals surface area contributed by atoms with Crippen molar-refractivity contribution in [1.29, 1.82) is 0 Å². The molecule has 3 aromatic rings. The second-order valence-electron chi connectivity index (χ2n) is 7.44. The minimum Gasteiger partial charge on any atom is -0.539 e. The van der Waals surface area contributed by atoms with E-state index in [1.165, 1.54) is 23.0 Å². The quantitative estimate of drug-likeness (QED) is 0.312. The minimum absolute atomic E-state index is 0.191. The number of hydrogen-bond donors (Lipinski definition) is 3. The molecule has 15 heteroatoms. The van der Waals surface area contributed by atoms with Crippen LogP contribution in [0.15, 0.2) is 22.0 Å². The van der Waals surface area contributed by atoms with Gasteiger partial charge in [-0.25, -0.2) is 14.6 Å². The van der Waals surface area contributed by atoms with Crippen LogP contribution in [-0.4, -0.2) is 53.4 Å². The Morgan fingerprint density at radius 1 is 1.26 bits per heavy atom. The van der Waals surface area contributed by atoms with Gasteiger partial charge in [0.1, 0.15) is 17.0 Å². The highest BCUT2D eigenvalue weighted by Crippen LogP contribution is 2.34. The molecular weight excluding hydrogens is 513 g/mol. The number of thiophene rings is 1. The van der Waals surface area contributed by atoms with Crippen LogP contribution >= 0.6 is 34.5 Å². The molecule has 3 heterocycles. The Morgan fingerprint density at radius 2 is 1.88 bits per heavy atom. The highest BCUT2D eigenvalue weighted by molar-refractivity contribution is 7.20. The number of nitrogens with zero attached hydrogens (tertiary/aromatic N) is 4. The summed E-state index contributed by atoms with van der Waals surface area (Å²) in [5, 5.41) is 28.7. The van der Waals surface area contributed by atoms with Crippen LogP contribution in [0.2, 0.25) is 8.67 Å². The molecule has 3 rings (SSSR count). The number of aliphatic carboxylic acids is 2. The predicted molar refractivity (Wildman–Crippen MR) is 123 cm³/mol. The third-order valence-electron chi connectivity index (χ3n) is 5.02. The molecule has 0 spiro atoms. The number of aromatic nitrogens is 4. The summed E-state index contributed by atoms with van der Waals surface area (Å²) >= 11 is 13.2. The van der Waals surface area contributed by atoms with Crippen molar-refractivity contribution in [2.24, 2.45) is 14.1 Å². The van der Waals surface area contributed by atoms with Crippen LogP contribution in [0.3, 0.4) is 0 Å². The molecule has 0 fully saturated rings. The van der Waals surface area contributed by atoms with E-state index in [-0.39, 0.29) is 11.6 Å². The molecule has 0 aliphatic rings. The molecule has 0 bridgehead atoms. The van der Waals surface area contributed by atoms with Crippen molar-refractivity contribution in [3.8, 4) is 0 Å². The summed E-state index contributed by atoms with van der Waals surface area (Å²) in [6, 6.07) is 1.88. The van der Waals surface area contributed by atoms with Crippen molar-refractivity contribution in [3.63, 3.8) is 0 Å². The van der Waals surface area contributed by atoms with E-state index in [2.05, 4.69) is 4.98 Å². The molecule has 4 N–H and O–H groups in total. The zero-order valence-corrected chi connectivity index (χ0v) is 20.7. The fraction of sp³-hybridized carbons (Fsp3) is 0.421. The van der Waals surface area contributed by atoms with Gasteiger partial charge in [0.15, 0.2) is 17.1 Å². The molecule has 34 heavy (non-hydrogen) atoms. The number of nitrogens with two attached hydrogens (primary N) is 1. The van der Waals surface area contributed by atoms with Crippen LogP contribution in [0, 0.1) is 0 Å². The number of carbonyl (C=O) groups excluding carboxylic acids is 1. The molecule has 2 atom stereocenters. The zero-order chi connectivity index (χ0) is 25.7. The molecule has 0 saturated heterocycles. The maximum atomic E-state index is 12.5. The number of carboxylic acids is 2.